The summed E-state index contributed by atoms with van der Waals surface area (Å²) in [5.74, 6) is 0.900. The molecule has 2 N–H and O–H groups in total. The lowest BCUT2D eigenvalue weighted by atomic mass is 9.97. The van der Waals surface area contributed by atoms with Gasteiger partial charge in [0.1, 0.15) is 11.3 Å². The Morgan fingerprint density at radius 3 is 2.69 bits per heavy atom. The molecule has 1 aromatic heterocycles. The molecule has 0 radical (unpaired) electrons. The minimum absolute atomic E-state index is 0.625. The van der Waals surface area contributed by atoms with Gasteiger partial charge in [-0.05, 0) is 49.6 Å². The summed E-state index contributed by atoms with van der Waals surface area (Å²) >= 11 is 0. The van der Waals surface area contributed by atoms with E-state index in [0.29, 0.717) is 6.54 Å². The predicted octanol–water partition coefficient (Wildman–Crippen LogP) is 2.56. The average Bonchev–Trinajstić information content (AvgIpc) is 2.75. The smallest absolute Gasteiger partial charge is 0.140 e. The zero-order chi connectivity index (χ0) is 11.7. The molecule has 0 atom stereocenters. The Morgan fingerprint density at radius 1 is 1.31 bits per heavy atom. The first kappa shape index (κ1) is 11.0. The van der Waals surface area contributed by atoms with E-state index in [1.807, 2.05) is 6.07 Å². The molecule has 2 rings (SSSR count). The highest BCUT2D eigenvalue weighted by Gasteiger charge is 2.16. The lowest BCUT2D eigenvalue weighted by Crippen LogP contribution is -2.07. The molecule has 0 bridgehead atoms. The van der Waals surface area contributed by atoms with Crippen molar-refractivity contribution < 1.29 is 9.15 Å². The standard InChI is InChI=1S/C13H17NO2/c1-8-9(2)12-11(5-7-16-12)13(15-3)10(8)4-6-14/h5,7H,4,6,14H2,1-3H3. The first-order chi connectivity index (χ1) is 7.70. The highest BCUT2D eigenvalue weighted by molar-refractivity contribution is 5.89. The minimum Gasteiger partial charge on any atom is -0.496 e. The zero-order valence-electron chi connectivity index (χ0n) is 9.96. The molecule has 86 valence electrons. The van der Waals surface area contributed by atoms with Crippen LogP contribution < -0.4 is 10.5 Å². The second-order valence-corrected chi connectivity index (χ2v) is 3.96. The van der Waals surface area contributed by atoms with E-state index < -0.39 is 0 Å². The van der Waals surface area contributed by atoms with Crippen molar-refractivity contribution in [3.05, 3.63) is 29.0 Å². The molecule has 3 heteroatoms. The molecule has 16 heavy (non-hydrogen) atoms. The maximum atomic E-state index is 5.64. The van der Waals surface area contributed by atoms with Crippen molar-refractivity contribution in [3.8, 4) is 5.75 Å². The van der Waals surface area contributed by atoms with Gasteiger partial charge in [-0.2, -0.15) is 0 Å². The molecule has 0 unspecified atom stereocenters. The van der Waals surface area contributed by atoms with E-state index in [1.54, 1.807) is 13.4 Å². The van der Waals surface area contributed by atoms with Crippen LogP contribution in [0.4, 0.5) is 0 Å². The first-order valence-electron chi connectivity index (χ1n) is 5.44. The summed E-state index contributed by atoms with van der Waals surface area (Å²) < 4.78 is 11.0. The molecule has 0 aliphatic carbocycles. The summed E-state index contributed by atoms with van der Waals surface area (Å²) in [4.78, 5) is 0. The van der Waals surface area contributed by atoms with Crippen molar-refractivity contribution in [2.45, 2.75) is 20.3 Å². The number of furan rings is 1. The van der Waals surface area contributed by atoms with Crippen LogP contribution >= 0.6 is 0 Å². The molecule has 0 amide bonds. The van der Waals surface area contributed by atoms with Gasteiger partial charge in [0.2, 0.25) is 0 Å². The summed E-state index contributed by atoms with van der Waals surface area (Å²) in [7, 11) is 1.69. The van der Waals surface area contributed by atoms with Crippen molar-refractivity contribution in [2.75, 3.05) is 13.7 Å². The fourth-order valence-electron chi connectivity index (χ4n) is 2.19. The molecule has 1 aromatic carbocycles. The quantitative estimate of drug-likeness (QED) is 0.863. The van der Waals surface area contributed by atoms with Crippen LogP contribution in [0, 0.1) is 13.8 Å². The molecule has 1 heterocycles. The molecule has 0 saturated carbocycles. The molecule has 3 nitrogen and oxygen atoms in total. The van der Waals surface area contributed by atoms with E-state index in [-0.39, 0.29) is 0 Å². The Morgan fingerprint density at radius 2 is 2.06 bits per heavy atom. The van der Waals surface area contributed by atoms with E-state index >= 15 is 0 Å². The summed E-state index contributed by atoms with van der Waals surface area (Å²) in [6.07, 6.45) is 2.53. The van der Waals surface area contributed by atoms with Crippen LogP contribution in [0.25, 0.3) is 11.0 Å². The number of rotatable bonds is 3. The van der Waals surface area contributed by atoms with Crippen LogP contribution in [0.2, 0.25) is 0 Å². The van der Waals surface area contributed by atoms with Crippen molar-refractivity contribution >= 4 is 11.0 Å². The number of hydrogen-bond donors (Lipinski definition) is 1. The number of ether oxygens (including phenoxy) is 1. The number of nitrogens with two attached hydrogens (primary N) is 1. The van der Waals surface area contributed by atoms with E-state index in [0.717, 1.165) is 23.1 Å². The molecule has 2 aromatic rings. The van der Waals surface area contributed by atoms with Gasteiger partial charge in [-0.3, -0.25) is 0 Å². The lowest BCUT2D eigenvalue weighted by molar-refractivity contribution is 0.414. The second kappa shape index (κ2) is 4.18. The minimum atomic E-state index is 0.625. The summed E-state index contributed by atoms with van der Waals surface area (Å²) in [5, 5.41) is 1.04. The Bertz CT molecular complexity index is 514. The van der Waals surface area contributed by atoms with Crippen molar-refractivity contribution in [2.24, 2.45) is 5.73 Å². The third-order valence-electron chi connectivity index (χ3n) is 3.14. The average molecular weight is 219 g/mol. The second-order valence-electron chi connectivity index (χ2n) is 3.96. The zero-order valence-corrected chi connectivity index (χ0v) is 9.96. The molecule has 0 saturated heterocycles. The largest absolute Gasteiger partial charge is 0.496 e. The van der Waals surface area contributed by atoms with E-state index in [2.05, 4.69) is 13.8 Å². The van der Waals surface area contributed by atoms with E-state index in [9.17, 15) is 0 Å². The van der Waals surface area contributed by atoms with Gasteiger partial charge in [0.25, 0.3) is 0 Å². The van der Waals surface area contributed by atoms with Gasteiger partial charge in [0.05, 0.1) is 18.8 Å². The molecule has 0 fully saturated rings. The van der Waals surface area contributed by atoms with Crippen molar-refractivity contribution in [3.63, 3.8) is 0 Å². The van der Waals surface area contributed by atoms with Crippen LogP contribution in [-0.4, -0.2) is 13.7 Å². The number of aryl methyl sites for hydroxylation is 1. The fraction of sp³-hybridized carbons (Fsp3) is 0.385. The maximum Gasteiger partial charge on any atom is 0.140 e. The van der Waals surface area contributed by atoms with Crippen LogP contribution in [-0.2, 0) is 6.42 Å². The normalized spacial score (nSPS) is 11.0. The van der Waals surface area contributed by atoms with Gasteiger partial charge in [0.15, 0.2) is 0 Å². The molecule has 0 spiro atoms. The first-order valence-corrected chi connectivity index (χ1v) is 5.44. The van der Waals surface area contributed by atoms with Gasteiger partial charge in [-0.1, -0.05) is 0 Å². The van der Waals surface area contributed by atoms with Gasteiger partial charge < -0.3 is 14.9 Å². The van der Waals surface area contributed by atoms with Crippen molar-refractivity contribution in [1.82, 2.24) is 0 Å². The summed E-state index contributed by atoms with van der Waals surface area (Å²) in [6.45, 7) is 4.78. The monoisotopic (exact) mass is 219 g/mol. The highest BCUT2D eigenvalue weighted by atomic mass is 16.5. The van der Waals surface area contributed by atoms with Crippen LogP contribution in [0.15, 0.2) is 16.7 Å². The van der Waals surface area contributed by atoms with Gasteiger partial charge in [-0.15, -0.1) is 0 Å². The Kier molecular flexibility index (Phi) is 2.88. The number of hydrogen-bond acceptors (Lipinski definition) is 3. The number of fused-ring (bicyclic) bond motifs is 1. The SMILES string of the molecule is COc1c(CCN)c(C)c(C)c2occc12. The molecular weight excluding hydrogens is 202 g/mol. The van der Waals surface area contributed by atoms with Crippen molar-refractivity contribution in [1.29, 1.82) is 0 Å². The summed E-state index contributed by atoms with van der Waals surface area (Å²) in [6, 6.07) is 1.95. The molecular formula is C13H17NO2. The highest BCUT2D eigenvalue weighted by Crippen LogP contribution is 2.36. The Labute approximate surface area is 95.2 Å². The third kappa shape index (κ3) is 1.48. The fourth-order valence-corrected chi connectivity index (χ4v) is 2.19. The van der Waals surface area contributed by atoms with Crippen LogP contribution in [0.1, 0.15) is 16.7 Å². The molecule has 0 aliphatic rings. The van der Waals surface area contributed by atoms with Gasteiger partial charge >= 0.3 is 0 Å². The summed E-state index contributed by atoms with van der Waals surface area (Å²) in [5.41, 5.74) is 10.1. The van der Waals surface area contributed by atoms with Gasteiger partial charge in [-0.25, -0.2) is 0 Å². The third-order valence-corrected chi connectivity index (χ3v) is 3.14. The number of methoxy groups -OCH3 is 1. The maximum absolute atomic E-state index is 5.64. The predicted molar refractivity (Wildman–Crippen MR) is 65.0 cm³/mol. The van der Waals surface area contributed by atoms with Gasteiger partial charge in [0, 0.05) is 0 Å². The van der Waals surface area contributed by atoms with E-state index in [1.165, 1.54) is 16.7 Å². The Hall–Kier alpha value is -1.48. The lowest BCUT2D eigenvalue weighted by Gasteiger charge is -2.14. The van der Waals surface area contributed by atoms with Crippen LogP contribution in [0.5, 0.6) is 5.75 Å². The van der Waals surface area contributed by atoms with Crippen LogP contribution in [0.3, 0.4) is 0 Å². The number of benzene rings is 1. The van der Waals surface area contributed by atoms with E-state index in [4.69, 9.17) is 14.9 Å². The molecule has 0 aliphatic heterocycles. The topological polar surface area (TPSA) is 48.4 Å². The Balaban J connectivity index is 2.80.